The average molecular weight is 390 g/mol. The highest BCUT2D eigenvalue weighted by Gasteiger charge is 2.16. The van der Waals surface area contributed by atoms with Crippen LogP contribution in [0.2, 0.25) is 0 Å². The highest BCUT2D eigenvalue weighted by Crippen LogP contribution is 2.17. The Morgan fingerprint density at radius 3 is 2.48 bits per heavy atom. The lowest BCUT2D eigenvalue weighted by Gasteiger charge is -2.07. The molecule has 0 bridgehead atoms. The van der Waals surface area contributed by atoms with E-state index in [1.807, 2.05) is 0 Å². The second-order valence-corrected chi connectivity index (χ2v) is 7.13. The minimum atomic E-state index is -3.44. The van der Waals surface area contributed by atoms with Crippen molar-refractivity contribution in [3.63, 3.8) is 0 Å². The Morgan fingerprint density at radius 2 is 1.78 bits per heavy atom. The highest BCUT2D eigenvalue weighted by molar-refractivity contribution is 7.92. The first kappa shape index (κ1) is 18.2. The van der Waals surface area contributed by atoms with Gasteiger partial charge in [-0.15, -0.1) is 0 Å². The van der Waals surface area contributed by atoms with Gasteiger partial charge in [0.1, 0.15) is 6.26 Å². The monoisotopic (exact) mass is 390 g/mol. The minimum Gasteiger partial charge on any atom is -0.459 e. The molecule has 0 saturated heterocycles. The molecule has 2 aromatic heterocycles. The third-order valence-electron chi connectivity index (χ3n) is 3.13. The maximum Gasteiger partial charge on any atom is 0.302 e. The van der Waals surface area contributed by atoms with Crippen LogP contribution in [0, 0.1) is 0 Å². The van der Waals surface area contributed by atoms with E-state index in [-0.39, 0.29) is 17.5 Å². The third-order valence-corrected chi connectivity index (χ3v) is 3.73. The van der Waals surface area contributed by atoms with Crippen LogP contribution >= 0.6 is 0 Å². The first-order valence-corrected chi connectivity index (χ1v) is 9.39. The van der Waals surface area contributed by atoms with Gasteiger partial charge in [0.15, 0.2) is 11.5 Å². The number of hydrogen-bond acceptors (Lipinski definition) is 7. The first-order valence-electron chi connectivity index (χ1n) is 7.50. The highest BCUT2D eigenvalue weighted by atomic mass is 32.2. The van der Waals surface area contributed by atoms with E-state index in [1.165, 1.54) is 24.5 Å². The Hall–Kier alpha value is -3.60. The summed E-state index contributed by atoms with van der Waals surface area (Å²) >= 11 is 0. The molecular weight excluding hydrogens is 376 g/mol. The molecule has 2 heterocycles. The van der Waals surface area contributed by atoms with Crippen molar-refractivity contribution < 1.29 is 26.8 Å². The number of nitrogens with zero attached hydrogens (tertiary/aromatic N) is 1. The number of oxazole rings is 1. The lowest BCUT2D eigenvalue weighted by molar-refractivity contribution is 0.0990. The fourth-order valence-electron chi connectivity index (χ4n) is 2.07. The number of sulfonamides is 1. The third kappa shape index (κ3) is 4.95. The van der Waals surface area contributed by atoms with Gasteiger partial charge in [-0.1, -0.05) is 6.07 Å². The predicted molar refractivity (Wildman–Crippen MR) is 96.0 cm³/mol. The molecule has 0 unspecified atom stereocenters. The molecule has 0 aliphatic rings. The van der Waals surface area contributed by atoms with Gasteiger partial charge >= 0.3 is 6.01 Å². The molecule has 3 N–H and O–H groups in total. The van der Waals surface area contributed by atoms with Crippen molar-refractivity contribution in [1.82, 2.24) is 4.98 Å². The molecule has 0 aliphatic carbocycles. The number of aromatic nitrogens is 1. The van der Waals surface area contributed by atoms with Crippen LogP contribution in [0.5, 0.6) is 0 Å². The van der Waals surface area contributed by atoms with E-state index in [0.29, 0.717) is 11.4 Å². The molecule has 3 aromatic rings. The van der Waals surface area contributed by atoms with Gasteiger partial charge in [-0.3, -0.25) is 19.6 Å². The van der Waals surface area contributed by atoms with Crippen molar-refractivity contribution in [3.05, 3.63) is 60.4 Å². The van der Waals surface area contributed by atoms with Crippen LogP contribution in [0.1, 0.15) is 21.0 Å². The zero-order valence-electron chi connectivity index (χ0n) is 13.9. The second-order valence-electron chi connectivity index (χ2n) is 5.38. The number of carbonyl (C=O) groups excluding carboxylic acids is 2. The fraction of sp³-hybridized carbons (Fsp3) is 0.0625. The molecule has 0 saturated carbocycles. The summed E-state index contributed by atoms with van der Waals surface area (Å²) in [7, 11) is -3.44. The number of anilines is 3. The molecule has 0 aliphatic heterocycles. The van der Waals surface area contributed by atoms with Gasteiger partial charge < -0.3 is 14.2 Å². The summed E-state index contributed by atoms with van der Waals surface area (Å²) in [5.41, 5.74) is 0.561. The van der Waals surface area contributed by atoms with E-state index >= 15 is 0 Å². The number of rotatable bonds is 6. The topological polar surface area (TPSA) is 144 Å². The van der Waals surface area contributed by atoms with Crippen LogP contribution in [0.25, 0.3) is 0 Å². The summed E-state index contributed by atoms with van der Waals surface area (Å²) < 4.78 is 34.8. The number of benzene rings is 1. The molecule has 27 heavy (non-hydrogen) atoms. The molecule has 140 valence electrons. The molecule has 0 atom stereocenters. The minimum absolute atomic E-state index is 0.0643. The van der Waals surface area contributed by atoms with Crippen molar-refractivity contribution in [1.29, 1.82) is 0 Å². The zero-order valence-corrected chi connectivity index (χ0v) is 14.7. The summed E-state index contributed by atoms with van der Waals surface area (Å²) in [6.07, 6.45) is 3.44. The lowest BCUT2D eigenvalue weighted by atomic mass is 10.3. The van der Waals surface area contributed by atoms with Gasteiger partial charge in [0.2, 0.25) is 10.0 Å². The Labute approximate surface area is 153 Å². The largest absolute Gasteiger partial charge is 0.459 e. The molecule has 10 nitrogen and oxygen atoms in total. The summed E-state index contributed by atoms with van der Waals surface area (Å²) in [6, 6.07) is 8.97. The Kier molecular flexibility index (Phi) is 4.94. The Morgan fingerprint density at radius 1 is 1.00 bits per heavy atom. The van der Waals surface area contributed by atoms with Gasteiger partial charge in [0.25, 0.3) is 11.8 Å². The van der Waals surface area contributed by atoms with E-state index in [1.54, 1.807) is 18.2 Å². The van der Waals surface area contributed by atoms with Crippen LogP contribution in [-0.2, 0) is 10.0 Å². The van der Waals surface area contributed by atoms with Crippen LogP contribution in [0.15, 0.2) is 57.8 Å². The molecule has 0 spiro atoms. The quantitative estimate of drug-likeness (QED) is 0.585. The summed E-state index contributed by atoms with van der Waals surface area (Å²) in [5, 5.41) is 4.90. The van der Waals surface area contributed by atoms with Crippen LogP contribution in [0.4, 0.5) is 17.4 Å². The van der Waals surface area contributed by atoms with Crippen molar-refractivity contribution >= 4 is 39.2 Å². The van der Waals surface area contributed by atoms with Crippen LogP contribution in [-0.4, -0.2) is 31.5 Å². The fourth-order valence-corrected chi connectivity index (χ4v) is 2.63. The van der Waals surface area contributed by atoms with Gasteiger partial charge in [0.05, 0.1) is 18.2 Å². The first-order chi connectivity index (χ1) is 12.8. The Balaban J connectivity index is 1.66. The van der Waals surface area contributed by atoms with Crippen molar-refractivity contribution in [2.75, 3.05) is 21.6 Å². The smallest absolute Gasteiger partial charge is 0.302 e. The van der Waals surface area contributed by atoms with E-state index in [9.17, 15) is 18.0 Å². The molecule has 0 fully saturated rings. The number of nitrogens with one attached hydrogen (secondary N) is 3. The van der Waals surface area contributed by atoms with Crippen molar-refractivity contribution in [2.24, 2.45) is 0 Å². The van der Waals surface area contributed by atoms with E-state index in [2.05, 4.69) is 20.3 Å². The second kappa shape index (κ2) is 7.33. The summed E-state index contributed by atoms with van der Waals surface area (Å²) in [6.45, 7) is 0. The summed E-state index contributed by atoms with van der Waals surface area (Å²) in [5.74, 6) is -1.11. The van der Waals surface area contributed by atoms with E-state index < -0.39 is 21.8 Å². The standard InChI is InChI=1S/C16H14N4O6S/c1-27(23,24)20-11-5-2-4-10(8-11)17-14(21)12-9-26-16(18-12)19-15(22)13-6-3-7-25-13/h2-9,20H,1H3,(H,17,21)(H,18,19,22). The van der Waals surface area contributed by atoms with Gasteiger partial charge in [-0.2, -0.15) is 4.98 Å². The van der Waals surface area contributed by atoms with Gasteiger partial charge in [-0.05, 0) is 30.3 Å². The molecule has 2 amide bonds. The van der Waals surface area contributed by atoms with E-state index in [0.717, 1.165) is 12.5 Å². The summed E-state index contributed by atoms with van der Waals surface area (Å²) in [4.78, 5) is 27.9. The van der Waals surface area contributed by atoms with Crippen molar-refractivity contribution in [3.8, 4) is 0 Å². The maximum absolute atomic E-state index is 12.2. The lowest BCUT2D eigenvalue weighted by Crippen LogP contribution is -2.14. The Bertz CT molecular complexity index is 1070. The van der Waals surface area contributed by atoms with Crippen LogP contribution in [0.3, 0.4) is 0 Å². The predicted octanol–water partition coefficient (Wildman–Crippen LogP) is 2.14. The SMILES string of the molecule is CS(=O)(=O)Nc1cccc(NC(=O)c2coc(NC(=O)c3ccco3)n2)c1. The molecule has 3 rings (SSSR count). The number of hydrogen-bond donors (Lipinski definition) is 3. The van der Waals surface area contributed by atoms with Crippen LogP contribution < -0.4 is 15.4 Å². The normalized spacial score (nSPS) is 11.0. The maximum atomic E-state index is 12.2. The molecule has 1 aromatic carbocycles. The molecular formula is C16H14N4O6S. The zero-order chi connectivity index (χ0) is 19.4. The molecule has 11 heteroatoms. The average Bonchev–Trinajstić information content (AvgIpc) is 3.25. The number of carbonyl (C=O) groups is 2. The molecule has 0 radical (unpaired) electrons. The number of amides is 2. The van der Waals surface area contributed by atoms with Gasteiger partial charge in [0, 0.05) is 5.69 Å². The number of furan rings is 1. The van der Waals surface area contributed by atoms with Crippen molar-refractivity contribution in [2.45, 2.75) is 0 Å². The van der Waals surface area contributed by atoms with E-state index in [4.69, 9.17) is 8.83 Å². The van der Waals surface area contributed by atoms with Gasteiger partial charge in [-0.25, -0.2) is 8.42 Å².